The molecule has 2 unspecified atom stereocenters. The molecule has 3 heteroatoms. The number of hydrogen-bond acceptors (Lipinski definition) is 2. The highest BCUT2D eigenvalue weighted by Crippen LogP contribution is 2.70. The molecule has 5 fully saturated rings. The van der Waals surface area contributed by atoms with Crippen LogP contribution in [-0.4, -0.2) is 24.1 Å². The van der Waals surface area contributed by atoms with E-state index >= 15 is 0 Å². The fourth-order valence-electron chi connectivity index (χ4n) is 7.59. The van der Waals surface area contributed by atoms with Gasteiger partial charge in [0, 0.05) is 11.5 Å². The van der Waals surface area contributed by atoms with Crippen molar-refractivity contribution < 1.29 is 0 Å². The minimum absolute atomic E-state index is 0.240. The predicted molar refractivity (Wildman–Crippen MR) is 111 cm³/mol. The third-order valence-corrected chi connectivity index (χ3v) is 8.44. The van der Waals surface area contributed by atoms with Gasteiger partial charge >= 0.3 is 0 Å². The van der Waals surface area contributed by atoms with Crippen LogP contribution in [0.3, 0.4) is 0 Å². The molecule has 1 aromatic carbocycles. The maximum absolute atomic E-state index is 6.14. The summed E-state index contributed by atoms with van der Waals surface area (Å²) in [5.41, 5.74) is 2.64. The number of hydrogen-bond donors (Lipinski definition) is 2. The van der Waals surface area contributed by atoms with E-state index in [2.05, 4.69) is 47.9 Å². The maximum Gasteiger partial charge on any atom is 0.0818 e. The Bertz CT molecular complexity index is 697. The Morgan fingerprint density at radius 1 is 1.04 bits per heavy atom. The molecule has 0 radical (unpaired) electrons. The van der Waals surface area contributed by atoms with Crippen molar-refractivity contribution in [3.05, 3.63) is 35.9 Å². The van der Waals surface area contributed by atoms with Gasteiger partial charge in [-0.1, -0.05) is 49.5 Å². The summed E-state index contributed by atoms with van der Waals surface area (Å²) in [6.07, 6.45) is 10.5. The molecule has 1 aliphatic heterocycles. The quantitative estimate of drug-likeness (QED) is 0.764. The fourth-order valence-corrected chi connectivity index (χ4v) is 7.99. The number of rotatable bonds is 3. The van der Waals surface area contributed by atoms with Gasteiger partial charge in [-0.05, 0) is 86.8 Å². The molecule has 1 saturated heterocycles. The summed E-state index contributed by atoms with van der Waals surface area (Å²) in [5.74, 6) is 0.851. The first-order chi connectivity index (χ1) is 12.5. The molecular formula is C23H32N2S. The summed E-state index contributed by atoms with van der Waals surface area (Å²) in [6, 6.07) is 12.0. The molecule has 1 aromatic rings. The fraction of sp³-hybridized carbons (Fsp3) is 0.696. The zero-order valence-electron chi connectivity index (χ0n) is 16.0. The number of benzene rings is 1. The molecule has 0 amide bonds. The van der Waals surface area contributed by atoms with Gasteiger partial charge in [-0.25, -0.2) is 0 Å². The number of nitrogens with one attached hydrogen (secondary N) is 2. The van der Waals surface area contributed by atoms with Crippen LogP contribution in [0.2, 0.25) is 0 Å². The lowest BCUT2D eigenvalue weighted by atomic mass is 9.39. The molecule has 4 aliphatic carbocycles. The van der Waals surface area contributed by atoms with E-state index < -0.39 is 0 Å². The Balaban J connectivity index is 1.46. The first kappa shape index (κ1) is 17.2. The molecule has 26 heavy (non-hydrogen) atoms. The molecular weight excluding hydrogens is 336 g/mol. The van der Waals surface area contributed by atoms with Crippen molar-refractivity contribution in [3.8, 4) is 0 Å². The van der Waals surface area contributed by atoms with Crippen LogP contribution >= 0.6 is 12.2 Å². The van der Waals surface area contributed by atoms with Crippen molar-refractivity contribution in [2.24, 2.45) is 16.7 Å². The van der Waals surface area contributed by atoms with Gasteiger partial charge in [0.1, 0.15) is 0 Å². The van der Waals surface area contributed by atoms with Crippen LogP contribution in [0.15, 0.2) is 30.3 Å². The summed E-state index contributed by atoms with van der Waals surface area (Å²) in [5, 5.41) is 7.33. The minimum atomic E-state index is 0.240. The monoisotopic (exact) mass is 368 g/mol. The molecule has 140 valence electrons. The van der Waals surface area contributed by atoms with E-state index in [0.29, 0.717) is 16.9 Å². The van der Waals surface area contributed by atoms with Gasteiger partial charge in [-0.15, -0.1) is 0 Å². The lowest BCUT2D eigenvalue weighted by Crippen LogP contribution is -2.62. The standard InChI is InChI=1S/C23H32N2S/c1-21-11-17-12-22(14-21,18-5-3-2-4-6-18)16-23(13-17,15-21)20(26)25-19-7-9-24-10-8-19/h2-6,17,19,24H,7-16H2,1H3,(H,25,26)/t17?,21-,22-,23?/m1/s1. The van der Waals surface area contributed by atoms with Crippen LogP contribution in [0.25, 0.3) is 0 Å². The Morgan fingerprint density at radius 3 is 2.54 bits per heavy atom. The first-order valence-corrected chi connectivity index (χ1v) is 11.0. The maximum atomic E-state index is 6.14. The highest BCUT2D eigenvalue weighted by Gasteiger charge is 2.63. The van der Waals surface area contributed by atoms with E-state index in [4.69, 9.17) is 12.2 Å². The molecule has 0 aromatic heterocycles. The third kappa shape index (κ3) is 2.74. The number of thiocarbonyl (C=S) groups is 1. The SMILES string of the molecule is C[C@]12CC3CC(C(=S)NC4CCNCC4)(C1)C[C@@](c1ccccc1)(C3)C2. The Morgan fingerprint density at radius 2 is 1.81 bits per heavy atom. The third-order valence-electron chi connectivity index (χ3n) is 7.89. The predicted octanol–water partition coefficient (Wildman–Crippen LogP) is 4.58. The summed E-state index contributed by atoms with van der Waals surface area (Å²) in [6.45, 7) is 4.81. The molecule has 4 atom stereocenters. The van der Waals surface area contributed by atoms with Gasteiger partial charge in [-0.2, -0.15) is 0 Å². The van der Waals surface area contributed by atoms with E-state index in [-0.39, 0.29) is 5.41 Å². The zero-order chi connectivity index (χ0) is 17.8. The van der Waals surface area contributed by atoms with Gasteiger partial charge in [-0.3, -0.25) is 0 Å². The average Bonchev–Trinajstić information content (AvgIpc) is 2.61. The summed E-state index contributed by atoms with van der Waals surface area (Å²) < 4.78 is 0. The van der Waals surface area contributed by atoms with E-state index in [9.17, 15) is 0 Å². The Hall–Kier alpha value is -0.930. The molecule has 6 rings (SSSR count). The van der Waals surface area contributed by atoms with Gasteiger partial charge < -0.3 is 10.6 Å². The van der Waals surface area contributed by atoms with Crippen LogP contribution in [0.4, 0.5) is 0 Å². The second-order valence-electron chi connectivity index (χ2n) is 10.2. The van der Waals surface area contributed by atoms with Crippen molar-refractivity contribution in [2.45, 2.75) is 69.7 Å². The van der Waals surface area contributed by atoms with Crippen molar-refractivity contribution in [1.82, 2.24) is 10.6 Å². The lowest BCUT2D eigenvalue weighted by molar-refractivity contribution is -0.0874. The summed E-state index contributed by atoms with van der Waals surface area (Å²) in [4.78, 5) is 1.21. The van der Waals surface area contributed by atoms with Crippen LogP contribution in [0, 0.1) is 16.7 Å². The van der Waals surface area contributed by atoms with Crippen LogP contribution in [0.5, 0.6) is 0 Å². The molecule has 2 N–H and O–H groups in total. The lowest BCUT2D eigenvalue weighted by Gasteiger charge is -2.66. The van der Waals surface area contributed by atoms with E-state index in [1.165, 1.54) is 56.4 Å². The van der Waals surface area contributed by atoms with Gasteiger partial charge in [0.05, 0.1) is 4.99 Å². The molecule has 4 saturated carbocycles. The highest BCUT2D eigenvalue weighted by atomic mass is 32.1. The molecule has 5 aliphatic rings. The smallest absolute Gasteiger partial charge is 0.0818 e. The van der Waals surface area contributed by atoms with E-state index in [1.807, 2.05) is 0 Å². The number of piperidine rings is 1. The van der Waals surface area contributed by atoms with Gasteiger partial charge in [0.2, 0.25) is 0 Å². The molecule has 1 heterocycles. The van der Waals surface area contributed by atoms with E-state index in [0.717, 1.165) is 19.0 Å². The van der Waals surface area contributed by atoms with Crippen molar-refractivity contribution in [3.63, 3.8) is 0 Å². The largest absolute Gasteiger partial charge is 0.376 e. The van der Waals surface area contributed by atoms with Gasteiger partial charge in [0.25, 0.3) is 0 Å². The molecule has 0 spiro atoms. The van der Waals surface area contributed by atoms with Crippen molar-refractivity contribution in [2.75, 3.05) is 13.1 Å². The highest BCUT2D eigenvalue weighted by molar-refractivity contribution is 7.80. The van der Waals surface area contributed by atoms with Crippen molar-refractivity contribution >= 4 is 17.2 Å². The first-order valence-electron chi connectivity index (χ1n) is 10.6. The minimum Gasteiger partial charge on any atom is -0.376 e. The normalized spacial score (nSPS) is 42.0. The average molecular weight is 369 g/mol. The van der Waals surface area contributed by atoms with Crippen LogP contribution < -0.4 is 10.6 Å². The topological polar surface area (TPSA) is 24.1 Å². The second-order valence-corrected chi connectivity index (χ2v) is 10.7. The zero-order valence-corrected chi connectivity index (χ0v) is 16.8. The second kappa shape index (κ2) is 6.04. The summed E-state index contributed by atoms with van der Waals surface area (Å²) in [7, 11) is 0. The molecule has 2 nitrogen and oxygen atoms in total. The van der Waals surface area contributed by atoms with Crippen molar-refractivity contribution in [1.29, 1.82) is 0 Å². The Labute approximate surface area is 163 Å². The summed E-state index contributed by atoms with van der Waals surface area (Å²) >= 11 is 6.14. The molecule has 4 bridgehead atoms. The van der Waals surface area contributed by atoms with E-state index in [1.54, 1.807) is 5.56 Å². The van der Waals surface area contributed by atoms with Gasteiger partial charge in [0.15, 0.2) is 0 Å². The van der Waals surface area contributed by atoms with Crippen LogP contribution in [-0.2, 0) is 5.41 Å². The Kier molecular flexibility index (Phi) is 3.99. The van der Waals surface area contributed by atoms with Crippen LogP contribution in [0.1, 0.15) is 63.9 Å².